The Morgan fingerprint density at radius 3 is 2.72 bits per heavy atom. The van der Waals surface area contributed by atoms with E-state index in [4.69, 9.17) is 4.74 Å². The molecule has 0 atom stereocenters. The van der Waals surface area contributed by atoms with Crippen LogP contribution in [0, 0.1) is 13.8 Å². The molecule has 2 aromatic heterocycles. The Hall–Kier alpha value is -4.13. The highest BCUT2D eigenvalue weighted by molar-refractivity contribution is 6.02. The lowest BCUT2D eigenvalue weighted by molar-refractivity contribution is -0.111. The minimum Gasteiger partial charge on any atom is -0.492 e. The first-order valence-corrected chi connectivity index (χ1v) is 10.4. The molecule has 0 fully saturated rings. The molecule has 0 radical (unpaired) electrons. The molecule has 0 spiro atoms. The van der Waals surface area contributed by atoms with E-state index in [1.54, 1.807) is 23.0 Å². The molecule has 0 bridgehead atoms. The number of amides is 1. The van der Waals surface area contributed by atoms with E-state index in [1.165, 1.54) is 6.08 Å². The predicted molar refractivity (Wildman–Crippen MR) is 125 cm³/mol. The summed E-state index contributed by atoms with van der Waals surface area (Å²) >= 11 is 0. The molecular formula is C25H25N5O2. The molecule has 2 aromatic carbocycles. The fraction of sp³-hybridized carbons (Fsp3) is 0.160. The molecule has 0 aliphatic heterocycles. The van der Waals surface area contributed by atoms with Crippen molar-refractivity contribution >= 4 is 17.7 Å². The highest BCUT2D eigenvalue weighted by Gasteiger charge is 2.11. The van der Waals surface area contributed by atoms with Crippen LogP contribution in [0.15, 0.2) is 79.1 Å². The molecule has 32 heavy (non-hydrogen) atoms. The van der Waals surface area contributed by atoms with Crippen LogP contribution in [0.1, 0.15) is 17.0 Å². The first kappa shape index (κ1) is 21.1. The first-order chi connectivity index (χ1) is 15.6. The van der Waals surface area contributed by atoms with Crippen LogP contribution < -0.4 is 10.1 Å². The molecule has 0 saturated heterocycles. The Morgan fingerprint density at radius 1 is 1.09 bits per heavy atom. The Kier molecular flexibility index (Phi) is 6.46. The summed E-state index contributed by atoms with van der Waals surface area (Å²) in [6, 6.07) is 19.1. The van der Waals surface area contributed by atoms with Crippen LogP contribution in [0.3, 0.4) is 0 Å². The number of carbonyl (C=O) groups is 1. The maximum Gasteiger partial charge on any atom is 0.248 e. The molecule has 162 valence electrons. The number of nitrogens with one attached hydrogen (secondary N) is 1. The van der Waals surface area contributed by atoms with Crippen LogP contribution >= 0.6 is 0 Å². The summed E-state index contributed by atoms with van der Waals surface area (Å²) in [7, 11) is 0. The van der Waals surface area contributed by atoms with Gasteiger partial charge in [-0.1, -0.05) is 24.3 Å². The number of para-hydroxylation sites is 1. The third-order valence-electron chi connectivity index (χ3n) is 5.00. The largest absolute Gasteiger partial charge is 0.492 e. The lowest BCUT2D eigenvalue weighted by atomic mass is 10.2. The van der Waals surface area contributed by atoms with Gasteiger partial charge in [-0.15, -0.1) is 0 Å². The van der Waals surface area contributed by atoms with Crippen molar-refractivity contribution in [3.05, 3.63) is 96.1 Å². The number of benzene rings is 2. The van der Waals surface area contributed by atoms with Gasteiger partial charge in [0.2, 0.25) is 5.91 Å². The summed E-state index contributed by atoms with van der Waals surface area (Å²) in [4.78, 5) is 12.5. The summed E-state index contributed by atoms with van der Waals surface area (Å²) < 4.78 is 9.46. The van der Waals surface area contributed by atoms with E-state index in [0.29, 0.717) is 24.6 Å². The van der Waals surface area contributed by atoms with Gasteiger partial charge in [-0.05, 0) is 50.3 Å². The molecule has 0 saturated carbocycles. The van der Waals surface area contributed by atoms with E-state index in [1.807, 2.05) is 79.3 Å². The number of rotatable bonds is 8. The van der Waals surface area contributed by atoms with Crippen LogP contribution in [0.25, 0.3) is 11.8 Å². The third-order valence-corrected chi connectivity index (χ3v) is 5.00. The van der Waals surface area contributed by atoms with Crippen molar-refractivity contribution in [1.29, 1.82) is 0 Å². The number of carbonyl (C=O) groups excluding carboxylic acids is 1. The SMILES string of the molecule is Cc1nn(-c2ccccc2)c(C)c1/C=C/C(=O)Nc1cccc(OCCn2cccn2)c1. The minimum atomic E-state index is -0.218. The topological polar surface area (TPSA) is 74.0 Å². The lowest BCUT2D eigenvalue weighted by Gasteiger charge is -2.08. The number of hydrogen-bond donors (Lipinski definition) is 1. The number of aryl methyl sites for hydroxylation is 1. The highest BCUT2D eigenvalue weighted by atomic mass is 16.5. The predicted octanol–water partition coefficient (Wildman–Crippen LogP) is 4.42. The molecule has 0 aliphatic carbocycles. The zero-order valence-corrected chi connectivity index (χ0v) is 18.1. The van der Waals surface area contributed by atoms with Crippen LogP contribution in [0.4, 0.5) is 5.69 Å². The summed E-state index contributed by atoms with van der Waals surface area (Å²) in [6.07, 6.45) is 6.95. The summed E-state index contributed by atoms with van der Waals surface area (Å²) in [5.41, 5.74) is 4.43. The molecule has 0 aliphatic rings. The Bertz CT molecular complexity index is 1210. The third kappa shape index (κ3) is 5.13. The van der Waals surface area contributed by atoms with E-state index in [0.717, 1.165) is 22.6 Å². The highest BCUT2D eigenvalue weighted by Crippen LogP contribution is 2.20. The molecule has 0 unspecified atom stereocenters. The van der Waals surface area contributed by atoms with Gasteiger partial charge < -0.3 is 10.1 Å². The van der Waals surface area contributed by atoms with Crippen LogP contribution in [-0.4, -0.2) is 32.1 Å². The van der Waals surface area contributed by atoms with Crippen molar-refractivity contribution < 1.29 is 9.53 Å². The second-order valence-electron chi connectivity index (χ2n) is 7.30. The Labute approximate surface area is 187 Å². The Balaban J connectivity index is 1.38. The van der Waals surface area contributed by atoms with E-state index in [9.17, 15) is 4.79 Å². The smallest absolute Gasteiger partial charge is 0.248 e. The molecule has 1 N–H and O–H groups in total. The molecule has 2 heterocycles. The van der Waals surface area contributed by atoms with E-state index < -0.39 is 0 Å². The van der Waals surface area contributed by atoms with E-state index in [-0.39, 0.29) is 5.91 Å². The minimum absolute atomic E-state index is 0.218. The maximum atomic E-state index is 12.5. The van der Waals surface area contributed by atoms with Crippen molar-refractivity contribution in [2.45, 2.75) is 20.4 Å². The van der Waals surface area contributed by atoms with Crippen LogP contribution in [0.5, 0.6) is 5.75 Å². The molecule has 4 aromatic rings. The van der Waals surface area contributed by atoms with Gasteiger partial charge in [-0.25, -0.2) is 4.68 Å². The van der Waals surface area contributed by atoms with Crippen molar-refractivity contribution in [1.82, 2.24) is 19.6 Å². The van der Waals surface area contributed by atoms with Crippen molar-refractivity contribution in [2.24, 2.45) is 0 Å². The average molecular weight is 428 g/mol. The van der Waals surface area contributed by atoms with Gasteiger partial charge in [0.15, 0.2) is 0 Å². The van der Waals surface area contributed by atoms with Crippen molar-refractivity contribution in [2.75, 3.05) is 11.9 Å². The zero-order valence-electron chi connectivity index (χ0n) is 18.1. The van der Waals surface area contributed by atoms with Gasteiger partial charge in [0, 0.05) is 41.5 Å². The maximum absolute atomic E-state index is 12.5. The fourth-order valence-electron chi connectivity index (χ4n) is 3.41. The first-order valence-electron chi connectivity index (χ1n) is 10.4. The standard InChI is InChI=1S/C25H25N5O2/c1-19-24(20(2)30(28-19)22-9-4-3-5-10-22)12-13-25(31)27-21-8-6-11-23(18-21)32-17-16-29-15-7-14-26-29/h3-15,18H,16-17H2,1-2H3,(H,27,31)/b13-12+. The van der Waals surface area contributed by atoms with Crippen molar-refractivity contribution in [3.63, 3.8) is 0 Å². The van der Waals surface area contributed by atoms with Gasteiger partial charge in [-0.3, -0.25) is 9.48 Å². The lowest BCUT2D eigenvalue weighted by Crippen LogP contribution is -2.10. The number of anilines is 1. The second-order valence-corrected chi connectivity index (χ2v) is 7.30. The summed E-state index contributed by atoms with van der Waals surface area (Å²) in [6.45, 7) is 5.08. The molecular weight excluding hydrogens is 402 g/mol. The number of aromatic nitrogens is 4. The van der Waals surface area contributed by atoms with Gasteiger partial charge in [0.1, 0.15) is 12.4 Å². The normalized spacial score (nSPS) is 11.1. The molecule has 4 rings (SSSR count). The summed E-state index contributed by atoms with van der Waals surface area (Å²) in [5, 5.41) is 11.6. The van der Waals surface area contributed by atoms with E-state index in [2.05, 4.69) is 15.5 Å². The van der Waals surface area contributed by atoms with Crippen molar-refractivity contribution in [3.8, 4) is 11.4 Å². The molecule has 7 heteroatoms. The van der Waals surface area contributed by atoms with Crippen LogP contribution in [0.2, 0.25) is 0 Å². The number of nitrogens with zero attached hydrogens (tertiary/aromatic N) is 4. The number of ether oxygens (including phenoxy) is 1. The molecule has 1 amide bonds. The van der Waals surface area contributed by atoms with Gasteiger partial charge in [0.25, 0.3) is 0 Å². The van der Waals surface area contributed by atoms with Gasteiger partial charge >= 0.3 is 0 Å². The van der Waals surface area contributed by atoms with Gasteiger partial charge in [-0.2, -0.15) is 10.2 Å². The summed E-state index contributed by atoms with van der Waals surface area (Å²) in [5.74, 6) is 0.472. The fourth-order valence-corrected chi connectivity index (χ4v) is 3.41. The van der Waals surface area contributed by atoms with Gasteiger partial charge in [0.05, 0.1) is 17.9 Å². The van der Waals surface area contributed by atoms with Crippen LogP contribution in [-0.2, 0) is 11.3 Å². The monoisotopic (exact) mass is 427 g/mol. The zero-order chi connectivity index (χ0) is 22.3. The average Bonchev–Trinajstić information content (AvgIpc) is 3.41. The molecule has 7 nitrogen and oxygen atoms in total. The Morgan fingerprint density at radius 2 is 1.94 bits per heavy atom. The quantitative estimate of drug-likeness (QED) is 0.423. The second kappa shape index (κ2) is 9.78. The number of hydrogen-bond acceptors (Lipinski definition) is 4. The van der Waals surface area contributed by atoms with E-state index >= 15 is 0 Å².